The van der Waals surface area contributed by atoms with Gasteiger partial charge in [-0.1, -0.05) is 168 Å². The Morgan fingerprint density at radius 3 is 1.00 bits per heavy atom. The van der Waals surface area contributed by atoms with Gasteiger partial charge in [-0.25, -0.2) is 0 Å². The van der Waals surface area contributed by atoms with Crippen molar-refractivity contribution in [2.24, 2.45) is 23.3 Å². The van der Waals surface area contributed by atoms with Gasteiger partial charge in [0, 0.05) is 65.4 Å². The predicted octanol–water partition coefficient (Wildman–Crippen LogP) is 7.34. The number of piperazine rings is 1. The van der Waals surface area contributed by atoms with E-state index in [0.717, 1.165) is 77.8 Å². The van der Waals surface area contributed by atoms with Crippen molar-refractivity contribution in [2.45, 2.75) is 218 Å². The molecule has 0 aliphatic carbocycles. The fourth-order valence-corrected chi connectivity index (χ4v) is 8.95. The van der Waals surface area contributed by atoms with Crippen LogP contribution in [0.15, 0.2) is 0 Å². The van der Waals surface area contributed by atoms with Gasteiger partial charge >= 0.3 is 0 Å². The number of nitrogens with zero attached hydrogens (tertiary/aromatic N) is 2. The van der Waals surface area contributed by atoms with Gasteiger partial charge in [-0.05, 0) is 50.6 Å². The molecule has 0 aromatic heterocycles. The highest BCUT2D eigenvalue weighted by Gasteiger charge is 2.22. The smallest absolute Gasteiger partial charge is 0.0791 e. The van der Waals surface area contributed by atoms with E-state index < -0.39 is 24.4 Å². The largest absolute Gasteiger partial charge is 0.392 e. The molecule has 0 radical (unpaired) electrons. The summed E-state index contributed by atoms with van der Waals surface area (Å²) in [5, 5.41) is 49.0. The lowest BCUT2D eigenvalue weighted by atomic mass is 9.91. The number of aliphatic hydroxyl groups excluding tert-OH is 4. The Balaban J connectivity index is 2.17. The Labute approximate surface area is 359 Å². The molecule has 0 spiro atoms. The third-order valence-electron chi connectivity index (χ3n) is 12.8. The molecule has 0 aromatic carbocycles. The number of aliphatic hydroxyl groups is 4. The van der Waals surface area contributed by atoms with Crippen LogP contribution in [0.5, 0.6) is 0 Å². The molecule has 1 saturated heterocycles. The highest BCUT2D eigenvalue weighted by molar-refractivity contribution is 4.78. The van der Waals surface area contributed by atoms with Crippen LogP contribution in [0.1, 0.15) is 194 Å². The molecule has 58 heavy (non-hydrogen) atoms. The van der Waals surface area contributed by atoms with Crippen molar-refractivity contribution in [3.8, 4) is 0 Å². The van der Waals surface area contributed by atoms with E-state index in [1.54, 1.807) is 0 Å². The van der Waals surface area contributed by atoms with E-state index in [4.69, 9.17) is 11.5 Å². The molecule has 0 bridgehead atoms. The van der Waals surface area contributed by atoms with Crippen LogP contribution in [-0.2, 0) is 0 Å². The van der Waals surface area contributed by atoms with E-state index in [-0.39, 0.29) is 0 Å². The van der Waals surface area contributed by atoms with E-state index in [1.807, 2.05) is 0 Å². The fourth-order valence-electron chi connectivity index (χ4n) is 8.95. The van der Waals surface area contributed by atoms with Gasteiger partial charge in [-0.3, -0.25) is 9.80 Å². The zero-order valence-electron chi connectivity index (χ0n) is 38.6. The zero-order chi connectivity index (χ0) is 42.3. The average molecular weight is 827 g/mol. The summed E-state index contributed by atoms with van der Waals surface area (Å²) in [5.41, 5.74) is 11.5. The molecule has 10 N–H and O–H groups in total. The van der Waals surface area contributed by atoms with Crippen molar-refractivity contribution in [1.82, 2.24) is 20.4 Å². The van der Waals surface area contributed by atoms with Crippen LogP contribution in [0.25, 0.3) is 0 Å². The average Bonchev–Trinajstić information content (AvgIpc) is 3.22. The summed E-state index contributed by atoms with van der Waals surface area (Å²) < 4.78 is 0. The number of β-amino-alcohol motifs (C(OH)–C–C–N with tert-alkyl or cyclic N) is 2. The van der Waals surface area contributed by atoms with Crippen LogP contribution in [-0.4, -0.2) is 133 Å². The SMILES string of the molecule is CCCCCCCCCCCCCC(CCNCC(O)CN1CCN(CC(O)CNCCC(CCCCCCCCCCCCC)CC(O)CN)CC1)CC(O)CN. The highest BCUT2D eigenvalue weighted by Crippen LogP contribution is 2.22. The first-order chi connectivity index (χ1) is 28.3. The van der Waals surface area contributed by atoms with Gasteiger partial charge in [0.05, 0.1) is 24.4 Å². The number of nitrogens with one attached hydrogen (secondary N) is 2. The van der Waals surface area contributed by atoms with Crippen molar-refractivity contribution < 1.29 is 20.4 Å². The third kappa shape index (κ3) is 34.2. The molecule has 0 amide bonds. The summed E-state index contributed by atoms with van der Waals surface area (Å²) in [6, 6.07) is 0. The lowest BCUT2D eigenvalue weighted by Gasteiger charge is -2.36. The Kier molecular flexibility index (Phi) is 39.0. The molecule has 1 aliphatic rings. The fraction of sp³-hybridized carbons (Fsp3) is 1.00. The second-order valence-electron chi connectivity index (χ2n) is 18.5. The summed E-state index contributed by atoms with van der Waals surface area (Å²) in [5.74, 6) is 0.938. The Hall–Kier alpha value is -0.400. The number of hydrogen-bond acceptors (Lipinski definition) is 10. The molecule has 0 saturated carbocycles. The lowest BCUT2D eigenvalue weighted by Crippen LogP contribution is -2.52. The summed E-state index contributed by atoms with van der Waals surface area (Å²) in [6.45, 7) is 13.0. The van der Waals surface area contributed by atoms with Crippen molar-refractivity contribution in [2.75, 3.05) is 78.5 Å². The summed E-state index contributed by atoms with van der Waals surface area (Å²) in [6.07, 6.45) is 33.8. The van der Waals surface area contributed by atoms with Crippen LogP contribution in [0.4, 0.5) is 0 Å². The van der Waals surface area contributed by atoms with Crippen LogP contribution in [0.2, 0.25) is 0 Å². The Bertz CT molecular complexity index is 772. The van der Waals surface area contributed by atoms with Gasteiger partial charge in [0.15, 0.2) is 0 Å². The highest BCUT2D eigenvalue weighted by atomic mass is 16.3. The van der Waals surface area contributed by atoms with Gasteiger partial charge in [0.25, 0.3) is 0 Å². The first-order valence-corrected chi connectivity index (χ1v) is 25.3. The van der Waals surface area contributed by atoms with E-state index in [1.165, 1.54) is 141 Å². The topological polar surface area (TPSA) is 164 Å². The van der Waals surface area contributed by atoms with Gasteiger partial charge in [-0.15, -0.1) is 0 Å². The normalized spacial score (nSPS) is 17.4. The van der Waals surface area contributed by atoms with Crippen LogP contribution in [0, 0.1) is 11.8 Å². The minimum atomic E-state index is -0.423. The second kappa shape index (κ2) is 40.7. The van der Waals surface area contributed by atoms with Gasteiger partial charge in [0.1, 0.15) is 0 Å². The summed E-state index contributed by atoms with van der Waals surface area (Å²) >= 11 is 0. The molecule has 0 aromatic rings. The summed E-state index contributed by atoms with van der Waals surface area (Å²) in [4.78, 5) is 4.68. The maximum atomic E-state index is 10.8. The van der Waals surface area contributed by atoms with Crippen LogP contribution in [0.3, 0.4) is 0 Å². The quantitative estimate of drug-likeness (QED) is 0.0292. The van der Waals surface area contributed by atoms with E-state index in [2.05, 4.69) is 34.3 Å². The second-order valence-corrected chi connectivity index (χ2v) is 18.5. The first-order valence-electron chi connectivity index (χ1n) is 25.3. The molecular weight excluding hydrogens is 725 g/mol. The van der Waals surface area contributed by atoms with Crippen molar-refractivity contribution >= 4 is 0 Å². The maximum Gasteiger partial charge on any atom is 0.0791 e. The van der Waals surface area contributed by atoms with Crippen molar-refractivity contribution in [1.29, 1.82) is 0 Å². The van der Waals surface area contributed by atoms with Gasteiger partial charge in [0.2, 0.25) is 0 Å². The molecule has 6 atom stereocenters. The minimum Gasteiger partial charge on any atom is -0.392 e. The monoisotopic (exact) mass is 827 g/mol. The summed E-state index contributed by atoms with van der Waals surface area (Å²) in [7, 11) is 0. The van der Waals surface area contributed by atoms with Gasteiger partial charge < -0.3 is 42.5 Å². The lowest BCUT2D eigenvalue weighted by molar-refractivity contribution is 0.0486. The van der Waals surface area contributed by atoms with Crippen molar-refractivity contribution in [3.63, 3.8) is 0 Å². The van der Waals surface area contributed by atoms with Crippen LogP contribution < -0.4 is 22.1 Å². The molecule has 1 aliphatic heterocycles. The molecule has 10 nitrogen and oxygen atoms in total. The van der Waals surface area contributed by atoms with Crippen LogP contribution >= 0.6 is 0 Å². The number of nitrogens with two attached hydrogens (primary N) is 2. The molecule has 1 fully saturated rings. The molecular formula is C48H102N6O4. The third-order valence-corrected chi connectivity index (χ3v) is 12.8. The number of rotatable bonds is 44. The molecule has 10 heteroatoms. The standard InChI is InChI=1S/C48H102N6O4/c1-3-5-7-9-11-13-15-17-19-21-23-25-43(35-45(55)37-49)27-29-51-39-47(57)41-53-31-33-54(34-32-53)42-48(58)40-52-30-28-44(36-46(56)38-50)26-24-22-20-18-16-14-12-10-8-6-4-2/h43-48,51-52,55-58H,3-42,49-50H2,1-2H3. The molecule has 1 rings (SSSR count). The minimum absolute atomic E-state index is 0.326. The van der Waals surface area contributed by atoms with E-state index in [0.29, 0.717) is 51.1 Å². The first kappa shape index (κ1) is 55.6. The van der Waals surface area contributed by atoms with Gasteiger partial charge in [-0.2, -0.15) is 0 Å². The Morgan fingerprint density at radius 1 is 0.414 bits per heavy atom. The Morgan fingerprint density at radius 2 is 0.707 bits per heavy atom. The predicted molar refractivity (Wildman–Crippen MR) is 248 cm³/mol. The van der Waals surface area contributed by atoms with E-state index in [9.17, 15) is 20.4 Å². The maximum absolute atomic E-state index is 10.8. The number of unbranched alkanes of at least 4 members (excludes halogenated alkanes) is 20. The van der Waals surface area contributed by atoms with E-state index >= 15 is 0 Å². The number of hydrogen-bond donors (Lipinski definition) is 8. The molecule has 348 valence electrons. The molecule has 6 unspecified atom stereocenters. The molecule has 1 heterocycles. The zero-order valence-corrected chi connectivity index (χ0v) is 38.6. The van der Waals surface area contributed by atoms with Crippen molar-refractivity contribution in [3.05, 3.63) is 0 Å².